The number of aliphatic hydroxyl groups excluding tert-OH is 1. The molecular weight excluding hydrogens is 204 g/mol. The second-order valence-corrected chi connectivity index (χ2v) is 3.52. The van der Waals surface area contributed by atoms with Gasteiger partial charge in [-0.15, -0.1) is 0 Å². The molecule has 2 heterocycles. The van der Waals surface area contributed by atoms with E-state index in [1.165, 1.54) is 0 Å². The molecule has 0 saturated carbocycles. The molecule has 1 atom stereocenters. The van der Waals surface area contributed by atoms with Crippen LogP contribution in [0.25, 0.3) is 11.0 Å². The van der Waals surface area contributed by atoms with Crippen LogP contribution in [0, 0.1) is 0 Å². The summed E-state index contributed by atoms with van der Waals surface area (Å²) < 4.78 is 1.58. The van der Waals surface area contributed by atoms with Crippen LogP contribution in [-0.4, -0.2) is 24.6 Å². The van der Waals surface area contributed by atoms with Crippen molar-refractivity contribution in [1.29, 1.82) is 0 Å². The molecule has 5 heteroatoms. The minimum Gasteiger partial charge on any atom is -0.366 e. The van der Waals surface area contributed by atoms with E-state index in [1.54, 1.807) is 23.3 Å². The van der Waals surface area contributed by atoms with Crippen molar-refractivity contribution in [3.63, 3.8) is 0 Å². The zero-order chi connectivity index (χ0) is 11.0. The maximum absolute atomic E-state index is 10.0. The number of rotatable bonds is 2. The third kappa shape index (κ3) is 1.38. The van der Waals surface area contributed by atoms with Gasteiger partial charge in [-0.25, -0.2) is 9.97 Å². The van der Waals surface area contributed by atoms with Gasteiger partial charge in [0.1, 0.15) is 0 Å². The van der Waals surface area contributed by atoms with Crippen LogP contribution < -0.4 is 0 Å². The van der Waals surface area contributed by atoms with Gasteiger partial charge in [-0.3, -0.25) is 0 Å². The maximum atomic E-state index is 10.0. The fraction of sp³-hybridized carbons (Fsp3) is 0.0909. The second-order valence-electron chi connectivity index (χ2n) is 3.52. The Morgan fingerprint density at radius 1 is 1.31 bits per heavy atom. The number of imidazole rings is 2. The number of nitrogens with zero attached hydrogens (tertiary/aromatic N) is 3. The van der Waals surface area contributed by atoms with Gasteiger partial charge in [0, 0.05) is 12.4 Å². The number of nitrogens with one attached hydrogen (secondary N) is 1. The lowest BCUT2D eigenvalue weighted by molar-refractivity contribution is 0.137. The van der Waals surface area contributed by atoms with Crippen molar-refractivity contribution in [3.8, 4) is 0 Å². The SMILES string of the molecule is OC(c1nc2ccccc2[nH]1)n1ccnc1. The molecule has 5 nitrogen and oxygen atoms in total. The highest BCUT2D eigenvalue weighted by Crippen LogP contribution is 2.16. The summed E-state index contributed by atoms with van der Waals surface area (Å²) in [4.78, 5) is 11.3. The molecule has 0 saturated heterocycles. The van der Waals surface area contributed by atoms with Gasteiger partial charge in [0.2, 0.25) is 0 Å². The predicted molar refractivity (Wildman–Crippen MR) is 58.7 cm³/mol. The van der Waals surface area contributed by atoms with E-state index in [4.69, 9.17) is 0 Å². The van der Waals surface area contributed by atoms with Gasteiger partial charge < -0.3 is 14.7 Å². The lowest BCUT2D eigenvalue weighted by Gasteiger charge is -2.07. The predicted octanol–water partition coefficient (Wildman–Crippen LogP) is 1.30. The first-order valence-corrected chi connectivity index (χ1v) is 4.95. The lowest BCUT2D eigenvalue weighted by atomic mass is 10.3. The second kappa shape index (κ2) is 3.46. The molecule has 80 valence electrons. The zero-order valence-corrected chi connectivity index (χ0v) is 8.41. The molecule has 0 spiro atoms. The van der Waals surface area contributed by atoms with Crippen molar-refractivity contribution in [3.05, 3.63) is 48.8 Å². The van der Waals surface area contributed by atoms with Gasteiger partial charge >= 0.3 is 0 Å². The van der Waals surface area contributed by atoms with E-state index < -0.39 is 6.23 Å². The molecule has 16 heavy (non-hydrogen) atoms. The van der Waals surface area contributed by atoms with Crippen LogP contribution in [0.4, 0.5) is 0 Å². The molecule has 1 unspecified atom stereocenters. The van der Waals surface area contributed by atoms with E-state index in [-0.39, 0.29) is 0 Å². The molecule has 0 amide bonds. The summed E-state index contributed by atoms with van der Waals surface area (Å²) in [5.41, 5.74) is 1.76. The Kier molecular flexibility index (Phi) is 1.97. The smallest absolute Gasteiger partial charge is 0.191 e. The molecule has 0 radical (unpaired) electrons. The zero-order valence-electron chi connectivity index (χ0n) is 8.41. The van der Waals surface area contributed by atoms with Crippen LogP contribution in [0.2, 0.25) is 0 Å². The first-order chi connectivity index (χ1) is 7.84. The molecule has 0 aliphatic carbocycles. The number of aliphatic hydroxyl groups is 1. The summed E-state index contributed by atoms with van der Waals surface area (Å²) in [5.74, 6) is 0.513. The highest BCUT2D eigenvalue weighted by molar-refractivity contribution is 5.74. The number of hydrogen-bond donors (Lipinski definition) is 2. The Balaban J connectivity index is 2.06. The summed E-state index contributed by atoms with van der Waals surface area (Å²) in [6, 6.07) is 7.66. The number of aromatic nitrogens is 4. The molecule has 3 rings (SSSR count). The summed E-state index contributed by atoms with van der Waals surface area (Å²) in [6.07, 6.45) is 4.04. The third-order valence-electron chi connectivity index (χ3n) is 2.46. The monoisotopic (exact) mass is 214 g/mol. The van der Waals surface area contributed by atoms with Crippen molar-refractivity contribution in [2.24, 2.45) is 0 Å². The van der Waals surface area contributed by atoms with Crippen LogP contribution in [0.3, 0.4) is 0 Å². The van der Waals surface area contributed by atoms with Crippen LogP contribution in [0.5, 0.6) is 0 Å². The van der Waals surface area contributed by atoms with Crippen molar-refractivity contribution in [2.75, 3.05) is 0 Å². The average molecular weight is 214 g/mol. The van der Waals surface area contributed by atoms with E-state index in [2.05, 4.69) is 15.0 Å². The van der Waals surface area contributed by atoms with Gasteiger partial charge in [0.15, 0.2) is 12.1 Å². The van der Waals surface area contributed by atoms with Crippen LogP contribution >= 0.6 is 0 Å². The third-order valence-corrected chi connectivity index (χ3v) is 2.46. The van der Waals surface area contributed by atoms with Gasteiger partial charge in [0.05, 0.1) is 17.4 Å². The van der Waals surface area contributed by atoms with Crippen LogP contribution in [0.15, 0.2) is 43.0 Å². The molecule has 0 bridgehead atoms. The molecule has 0 aliphatic heterocycles. The van der Waals surface area contributed by atoms with E-state index in [1.807, 2.05) is 24.3 Å². The standard InChI is InChI=1S/C11H10N4O/c16-11(15-6-5-12-7-15)10-13-8-3-1-2-4-9(8)14-10/h1-7,11,16H,(H,13,14). The average Bonchev–Trinajstić information content (AvgIpc) is 2.97. The Labute approximate surface area is 91.4 Å². The number of fused-ring (bicyclic) bond motifs is 1. The number of benzene rings is 1. The van der Waals surface area contributed by atoms with Crippen molar-refractivity contribution in [1.82, 2.24) is 19.5 Å². The fourth-order valence-corrected chi connectivity index (χ4v) is 1.65. The highest BCUT2D eigenvalue weighted by atomic mass is 16.3. The molecular formula is C11H10N4O. The summed E-state index contributed by atoms with van der Waals surface area (Å²) >= 11 is 0. The van der Waals surface area contributed by atoms with Crippen molar-refractivity contribution < 1.29 is 5.11 Å². The Bertz CT molecular complexity index is 566. The summed E-state index contributed by atoms with van der Waals surface area (Å²) in [6.45, 7) is 0. The van der Waals surface area contributed by atoms with Crippen molar-refractivity contribution >= 4 is 11.0 Å². The van der Waals surface area contributed by atoms with Gasteiger partial charge in [-0.1, -0.05) is 12.1 Å². The number of H-pyrrole nitrogens is 1. The number of para-hydroxylation sites is 2. The first-order valence-electron chi connectivity index (χ1n) is 4.95. The maximum Gasteiger partial charge on any atom is 0.191 e. The molecule has 0 fully saturated rings. The van der Waals surface area contributed by atoms with Gasteiger partial charge in [0.25, 0.3) is 0 Å². The fourth-order valence-electron chi connectivity index (χ4n) is 1.65. The minimum absolute atomic E-state index is 0.513. The molecule has 2 aromatic heterocycles. The Morgan fingerprint density at radius 3 is 2.94 bits per heavy atom. The highest BCUT2D eigenvalue weighted by Gasteiger charge is 2.13. The van der Waals surface area contributed by atoms with E-state index in [9.17, 15) is 5.11 Å². The molecule has 3 aromatic rings. The molecule has 2 N–H and O–H groups in total. The van der Waals surface area contributed by atoms with Gasteiger partial charge in [-0.05, 0) is 12.1 Å². The van der Waals surface area contributed by atoms with E-state index in [0.717, 1.165) is 11.0 Å². The quantitative estimate of drug-likeness (QED) is 0.675. The van der Waals surface area contributed by atoms with E-state index >= 15 is 0 Å². The minimum atomic E-state index is -0.824. The normalized spacial score (nSPS) is 13.1. The number of aromatic amines is 1. The lowest BCUT2D eigenvalue weighted by Crippen LogP contribution is -2.09. The molecule has 1 aromatic carbocycles. The Morgan fingerprint density at radius 2 is 2.19 bits per heavy atom. The summed E-state index contributed by atoms with van der Waals surface area (Å²) in [7, 11) is 0. The Hall–Kier alpha value is -2.14. The van der Waals surface area contributed by atoms with E-state index in [0.29, 0.717) is 5.82 Å². The first kappa shape index (κ1) is 9.11. The van der Waals surface area contributed by atoms with Crippen LogP contribution in [0.1, 0.15) is 12.1 Å². The topological polar surface area (TPSA) is 66.7 Å². The molecule has 0 aliphatic rings. The largest absolute Gasteiger partial charge is 0.366 e. The van der Waals surface area contributed by atoms with Crippen LogP contribution in [-0.2, 0) is 0 Å². The number of hydrogen-bond acceptors (Lipinski definition) is 3. The van der Waals surface area contributed by atoms with Crippen molar-refractivity contribution in [2.45, 2.75) is 6.23 Å². The van der Waals surface area contributed by atoms with Gasteiger partial charge in [-0.2, -0.15) is 0 Å². The summed E-state index contributed by atoms with van der Waals surface area (Å²) in [5, 5.41) is 10.0.